The summed E-state index contributed by atoms with van der Waals surface area (Å²) in [6, 6.07) is 6.96. The molecule has 0 aromatic carbocycles. The maximum absolute atomic E-state index is 11.6. The molecule has 0 saturated carbocycles. The maximum Gasteiger partial charge on any atom is 0.248 e. The van der Waals surface area contributed by atoms with Crippen molar-refractivity contribution in [2.75, 3.05) is 36.8 Å². The van der Waals surface area contributed by atoms with Gasteiger partial charge in [-0.15, -0.1) is 0 Å². The Kier molecular flexibility index (Phi) is 3.88. The molecule has 3 rings (SSSR count). The average Bonchev–Trinajstić information content (AvgIpc) is 2.55. The van der Waals surface area contributed by atoms with Crippen LogP contribution in [-0.2, 0) is 0 Å². The second-order valence-corrected chi connectivity index (χ2v) is 5.17. The van der Waals surface area contributed by atoms with E-state index in [2.05, 4.69) is 20.2 Å². The molecule has 3 heterocycles. The first kappa shape index (κ1) is 14.3. The zero-order valence-electron chi connectivity index (χ0n) is 12.1. The normalized spacial score (nSPS) is 14.8. The van der Waals surface area contributed by atoms with Crippen molar-refractivity contribution < 1.29 is 4.79 Å². The van der Waals surface area contributed by atoms with E-state index in [-0.39, 0.29) is 0 Å². The molecule has 0 spiro atoms. The zero-order chi connectivity index (χ0) is 15.5. The Morgan fingerprint density at radius 1 is 1.23 bits per heavy atom. The number of hydrogen-bond acceptors (Lipinski definition) is 6. The summed E-state index contributed by atoms with van der Waals surface area (Å²) in [4.78, 5) is 22.4. The number of amides is 1. The molecule has 5 N–H and O–H groups in total. The summed E-state index contributed by atoms with van der Waals surface area (Å²) in [6.07, 6.45) is 1.62. The van der Waals surface area contributed by atoms with Crippen LogP contribution in [-0.4, -0.2) is 42.1 Å². The third-order valence-electron chi connectivity index (χ3n) is 3.61. The summed E-state index contributed by atoms with van der Waals surface area (Å²) in [5, 5.41) is 3.29. The lowest BCUT2D eigenvalue weighted by molar-refractivity contribution is 0.1000. The minimum atomic E-state index is -0.470. The molecule has 22 heavy (non-hydrogen) atoms. The van der Waals surface area contributed by atoms with E-state index < -0.39 is 5.91 Å². The van der Waals surface area contributed by atoms with Crippen LogP contribution in [0, 0.1) is 0 Å². The Hall–Kier alpha value is -2.67. The van der Waals surface area contributed by atoms with Gasteiger partial charge in [-0.3, -0.25) is 4.79 Å². The van der Waals surface area contributed by atoms with Gasteiger partial charge in [-0.05, 0) is 24.3 Å². The van der Waals surface area contributed by atoms with Gasteiger partial charge in [-0.2, -0.15) is 0 Å². The largest absolute Gasteiger partial charge is 0.384 e. The molecule has 2 aromatic heterocycles. The summed E-state index contributed by atoms with van der Waals surface area (Å²) in [5.41, 5.74) is 13.1. The van der Waals surface area contributed by atoms with Gasteiger partial charge in [0.05, 0.1) is 5.69 Å². The van der Waals surface area contributed by atoms with Crippen molar-refractivity contribution in [1.82, 2.24) is 15.3 Å². The quantitative estimate of drug-likeness (QED) is 0.748. The fourth-order valence-electron chi connectivity index (χ4n) is 2.47. The van der Waals surface area contributed by atoms with Crippen LogP contribution < -0.4 is 21.7 Å². The van der Waals surface area contributed by atoms with E-state index in [1.807, 2.05) is 6.07 Å². The summed E-state index contributed by atoms with van der Waals surface area (Å²) >= 11 is 0. The molecular weight excluding hydrogens is 280 g/mol. The third kappa shape index (κ3) is 2.99. The van der Waals surface area contributed by atoms with Crippen molar-refractivity contribution in [2.45, 2.75) is 0 Å². The van der Waals surface area contributed by atoms with E-state index in [1.54, 1.807) is 24.4 Å². The molecule has 1 amide bonds. The summed E-state index contributed by atoms with van der Waals surface area (Å²) in [5.74, 6) is 0.692. The first-order chi connectivity index (χ1) is 10.6. The average molecular weight is 298 g/mol. The highest BCUT2D eigenvalue weighted by Gasteiger charge is 2.16. The van der Waals surface area contributed by atoms with Crippen LogP contribution in [0.5, 0.6) is 0 Å². The number of nitrogens with two attached hydrogens (primary N) is 2. The molecule has 2 aromatic rings. The molecule has 0 unspecified atom stereocenters. The van der Waals surface area contributed by atoms with E-state index in [9.17, 15) is 4.79 Å². The number of nitrogens with one attached hydrogen (secondary N) is 1. The number of hydrogen-bond donors (Lipinski definition) is 3. The molecule has 114 valence electrons. The predicted molar refractivity (Wildman–Crippen MR) is 85.5 cm³/mol. The highest BCUT2D eigenvalue weighted by atomic mass is 16.1. The Bertz CT molecular complexity index is 696. The standard InChI is InChI=1S/C15H18N6O/c16-13-8-10(1-2-19-13)12-7-11(15(17)22)9-14(20-12)21-5-3-18-4-6-21/h1-2,7-9,18H,3-6H2,(H2,16,19)(H2,17,22). The number of rotatable bonds is 3. The van der Waals surface area contributed by atoms with Gasteiger partial charge in [-0.25, -0.2) is 9.97 Å². The SMILES string of the molecule is NC(=O)c1cc(-c2ccnc(N)c2)nc(N2CCNCC2)c1. The van der Waals surface area contributed by atoms with E-state index in [0.717, 1.165) is 37.6 Å². The van der Waals surface area contributed by atoms with E-state index in [1.165, 1.54) is 0 Å². The second kappa shape index (κ2) is 5.98. The van der Waals surface area contributed by atoms with Crippen LogP contribution in [0.1, 0.15) is 10.4 Å². The minimum Gasteiger partial charge on any atom is -0.384 e. The van der Waals surface area contributed by atoms with Crippen molar-refractivity contribution in [3.05, 3.63) is 36.0 Å². The number of nitrogen functional groups attached to an aromatic ring is 1. The van der Waals surface area contributed by atoms with Gasteiger partial charge in [-0.1, -0.05) is 0 Å². The van der Waals surface area contributed by atoms with Crippen LogP contribution >= 0.6 is 0 Å². The smallest absolute Gasteiger partial charge is 0.248 e. The molecule has 1 saturated heterocycles. The first-order valence-corrected chi connectivity index (χ1v) is 7.13. The maximum atomic E-state index is 11.6. The van der Waals surface area contributed by atoms with Gasteiger partial charge in [0.2, 0.25) is 5.91 Å². The minimum absolute atomic E-state index is 0.410. The Morgan fingerprint density at radius 2 is 2.00 bits per heavy atom. The van der Waals surface area contributed by atoms with Crippen LogP contribution in [0.2, 0.25) is 0 Å². The molecule has 1 aliphatic heterocycles. The number of carbonyl (C=O) groups is 1. The number of pyridine rings is 2. The molecular formula is C15H18N6O. The highest BCUT2D eigenvalue weighted by Crippen LogP contribution is 2.24. The van der Waals surface area contributed by atoms with Crippen LogP contribution in [0.4, 0.5) is 11.6 Å². The number of piperazine rings is 1. The Balaban J connectivity index is 2.05. The second-order valence-electron chi connectivity index (χ2n) is 5.17. The number of primary amides is 1. The molecule has 1 fully saturated rings. The van der Waals surface area contributed by atoms with E-state index >= 15 is 0 Å². The number of aromatic nitrogens is 2. The van der Waals surface area contributed by atoms with Gasteiger partial charge in [0.25, 0.3) is 0 Å². The van der Waals surface area contributed by atoms with Crippen molar-refractivity contribution in [1.29, 1.82) is 0 Å². The van der Waals surface area contributed by atoms with Crippen molar-refractivity contribution in [2.24, 2.45) is 5.73 Å². The van der Waals surface area contributed by atoms with Crippen LogP contribution in [0.3, 0.4) is 0 Å². The first-order valence-electron chi connectivity index (χ1n) is 7.13. The van der Waals surface area contributed by atoms with Crippen molar-refractivity contribution in [3.63, 3.8) is 0 Å². The molecule has 0 atom stereocenters. The van der Waals surface area contributed by atoms with Gasteiger partial charge >= 0.3 is 0 Å². The van der Waals surface area contributed by atoms with E-state index in [0.29, 0.717) is 17.1 Å². The topological polar surface area (TPSA) is 110 Å². The van der Waals surface area contributed by atoms with Gasteiger partial charge < -0.3 is 21.7 Å². The van der Waals surface area contributed by atoms with Crippen molar-refractivity contribution >= 4 is 17.5 Å². The van der Waals surface area contributed by atoms with Crippen LogP contribution in [0.15, 0.2) is 30.5 Å². The lowest BCUT2D eigenvalue weighted by Gasteiger charge is -2.29. The number of anilines is 2. The summed E-state index contributed by atoms with van der Waals surface area (Å²) < 4.78 is 0. The highest BCUT2D eigenvalue weighted by molar-refractivity contribution is 5.94. The Labute approximate surface area is 128 Å². The molecule has 0 radical (unpaired) electrons. The fourth-order valence-corrected chi connectivity index (χ4v) is 2.47. The summed E-state index contributed by atoms with van der Waals surface area (Å²) in [6.45, 7) is 3.46. The lowest BCUT2D eigenvalue weighted by atomic mass is 10.1. The monoisotopic (exact) mass is 298 g/mol. The summed E-state index contributed by atoms with van der Waals surface area (Å²) in [7, 11) is 0. The van der Waals surface area contributed by atoms with Gasteiger partial charge in [0.15, 0.2) is 0 Å². The molecule has 7 nitrogen and oxygen atoms in total. The Morgan fingerprint density at radius 3 is 2.68 bits per heavy atom. The zero-order valence-corrected chi connectivity index (χ0v) is 12.1. The number of carbonyl (C=O) groups excluding carboxylic acids is 1. The molecule has 1 aliphatic rings. The molecule has 7 heteroatoms. The number of nitrogens with zero attached hydrogens (tertiary/aromatic N) is 3. The third-order valence-corrected chi connectivity index (χ3v) is 3.61. The predicted octanol–water partition coefficient (Wildman–Crippen LogP) is 0.234. The molecule has 0 bridgehead atoms. The lowest BCUT2D eigenvalue weighted by Crippen LogP contribution is -2.44. The fraction of sp³-hybridized carbons (Fsp3) is 0.267. The van der Waals surface area contributed by atoms with Gasteiger partial charge in [0, 0.05) is 43.5 Å². The van der Waals surface area contributed by atoms with Gasteiger partial charge in [0.1, 0.15) is 11.6 Å². The van der Waals surface area contributed by atoms with Crippen LogP contribution in [0.25, 0.3) is 11.3 Å². The van der Waals surface area contributed by atoms with Crippen molar-refractivity contribution in [3.8, 4) is 11.3 Å². The van der Waals surface area contributed by atoms with E-state index in [4.69, 9.17) is 11.5 Å². The molecule has 0 aliphatic carbocycles.